The second-order valence-electron chi connectivity index (χ2n) is 6.30. The van der Waals surface area contributed by atoms with Crippen LogP contribution in [0.1, 0.15) is 12.5 Å². The molecule has 0 aliphatic rings. The maximum absolute atomic E-state index is 10.9. The number of para-hydroxylation sites is 1. The number of non-ortho nitro benzene ring substituents is 1. The van der Waals surface area contributed by atoms with Crippen molar-refractivity contribution in [2.75, 3.05) is 6.61 Å². The van der Waals surface area contributed by atoms with Crippen LogP contribution in [-0.2, 0) is 6.61 Å². The molecule has 0 radical (unpaired) electrons. The van der Waals surface area contributed by atoms with Gasteiger partial charge in [-0.2, -0.15) is 0 Å². The van der Waals surface area contributed by atoms with E-state index in [1.54, 1.807) is 23.5 Å². The molecule has 0 amide bonds. The minimum Gasteiger partial charge on any atom is -0.490 e. The first-order chi connectivity index (χ1) is 14.1. The van der Waals surface area contributed by atoms with E-state index in [1.165, 1.54) is 12.1 Å². The van der Waals surface area contributed by atoms with Crippen LogP contribution in [0.4, 0.5) is 5.69 Å². The van der Waals surface area contributed by atoms with Gasteiger partial charge in [-0.15, -0.1) is 11.3 Å². The van der Waals surface area contributed by atoms with E-state index in [-0.39, 0.29) is 12.3 Å². The molecule has 0 atom stereocenters. The fourth-order valence-corrected chi connectivity index (χ4v) is 3.91. The Morgan fingerprint density at radius 1 is 1.00 bits per heavy atom. The molecule has 0 N–H and O–H groups in total. The van der Waals surface area contributed by atoms with Gasteiger partial charge in [-0.05, 0) is 42.8 Å². The predicted molar refractivity (Wildman–Crippen MR) is 114 cm³/mol. The van der Waals surface area contributed by atoms with Gasteiger partial charge in [-0.3, -0.25) is 10.1 Å². The normalized spacial score (nSPS) is 10.8. The van der Waals surface area contributed by atoms with Crippen molar-refractivity contribution in [2.24, 2.45) is 0 Å². The van der Waals surface area contributed by atoms with Crippen molar-refractivity contribution in [3.8, 4) is 22.1 Å². The molecule has 0 fully saturated rings. The number of hydrogen-bond donors (Lipinski definition) is 0. The van der Waals surface area contributed by atoms with E-state index in [2.05, 4.69) is 6.07 Å². The Hall–Kier alpha value is -3.45. The summed E-state index contributed by atoms with van der Waals surface area (Å²) in [5.41, 5.74) is 2.69. The SMILES string of the molecule is CCOc1cc(-c2nc3ccccc3s2)ccc1OCc1cccc([N+](=O)[O-])c1. The number of fused-ring (bicyclic) bond motifs is 1. The first kappa shape index (κ1) is 18.9. The van der Waals surface area contributed by atoms with Crippen LogP contribution >= 0.6 is 11.3 Å². The Labute approximate surface area is 171 Å². The largest absolute Gasteiger partial charge is 0.490 e. The third-order valence-corrected chi connectivity index (χ3v) is 5.39. The molecule has 0 unspecified atom stereocenters. The lowest BCUT2D eigenvalue weighted by molar-refractivity contribution is -0.384. The summed E-state index contributed by atoms with van der Waals surface area (Å²) >= 11 is 1.63. The van der Waals surface area contributed by atoms with Gasteiger partial charge in [0.2, 0.25) is 0 Å². The molecule has 6 nitrogen and oxygen atoms in total. The van der Waals surface area contributed by atoms with Gasteiger partial charge in [0, 0.05) is 17.7 Å². The first-order valence-electron chi connectivity index (χ1n) is 9.13. The zero-order valence-corrected chi connectivity index (χ0v) is 16.5. The molecule has 1 heterocycles. The maximum Gasteiger partial charge on any atom is 0.269 e. The number of nitrogens with zero attached hydrogens (tertiary/aromatic N) is 2. The number of nitro groups is 1. The first-order valence-corrected chi connectivity index (χ1v) is 9.94. The van der Waals surface area contributed by atoms with Crippen molar-refractivity contribution in [1.29, 1.82) is 0 Å². The van der Waals surface area contributed by atoms with Gasteiger partial charge >= 0.3 is 0 Å². The molecule has 0 bridgehead atoms. The minimum atomic E-state index is -0.415. The zero-order chi connectivity index (χ0) is 20.2. The number of benzene rings is 3. The molecule has 29 heavy (non-hydrogen) atoms. The standard InChI is InChI=1S/C22H18N2O4S/c1-2-27-20-13-16(22-23-18-8-3-4-9-21(18)29-22)10-11-19(20)28-14-15-6-5-7-17(12-15)24(25)26/h3-13H,2,14H2,1H3. The summed E-state index contributed by atoms with van der Waals surface area (Å²) in [6.07, 6.45) is 0. The van der Waals surface area contributed by atoms with Crippen LogP contribution < -0.4 is 9.47 Å². The summed E-state index contributed by atoms with van der Waals surface area (Å²) < 4.78 is 12.8. The van der Waals surface area contributed by atoms with Crippen molar-refractivity contribution in [2.45, 2.75) is 13.5 Å². The van der Waals surface area contributed by atoms with Crippen molar-refractivity contribution in [1.82, 2.24) is 4.98 Å². The third kappa shape index (κ3) is 4.20. The van der Waals surface area contributed by atoms with Crippen LogP contribution in [0.5, 0.6) is 11.5 Å². The summed E-state index contributed by atoms with van der Waals surface area (Å²) in [6.45, 7) is 2.62. The minimum absolute atomic E-state index is 0.0438. The zero-order valence-electron chi connectivity index (χ0n) is 15.7. The van der Waals surface area contributed by atoms with Crippen LogP contribution in [0.25, 0.3) is 20.8 Å². The Morgan fingerprint density at radius 3 is 2.66 bits per heavy atom. The third-order valence-electron chi connectivity index (χ3n) is 4.30. The molecule has 1 aromatic heterocycles. The lowest BCUT2D eigenvalue weighted by Crippen LogP contribution is -2.00. The monoisotopic (exact) mass is 406 g/mol. The van der Waals surface area contributed by atoms with Crippen LogP contribution in [0, 0.1) is 10.1 Å². The summed E-state index contributed by atoms with van der Waals surface area (Å²) in [6, 6.07) is 20.2. The molecule has 0 saturated heterocycles. The van der Waals surface area contributed by atoms with Crippen molar-refractivity contribution in [3.63, 3.8) is 0 Å². The Morgan fingerprint density at radius 2 is 1.86 bits per heavy atom. The Kier molecular flexibility index (Phi) is 5.39. The van der Waals surface area contributed by atoms with Gasteiger partial charge in [0.15, 0.2) is 11.5 Å². The highest BCUT2D eigenvalue weighted by Gasteiger charge is 2.12. The lowest BCUT2D eigenvalue weighted by Gasteiger charge is -2.13. The highest BCUT2D eigenvalue weighted by Crippen LogP contribution is 2.36. The molecule has 4 aromatic rings. The molecule has 0 aliphatic carbocycles. The number of aromatic nitrogens is 1. The molecule has 7 heteroatoms. The number of hydrogen-bond acceptors (Lipinski definition) is 6. The quantitative estimate of drug-likeness (QED) is 0.284. The van der Waals surface area contributed by atoms with Gasteiger partial charge < -0.3 is 9.47 Å². The summed E-state index contributed by atoms with van der Waals surface area (Å²) in [4.78, 5) is 15.2. The van der Waals surface area contributed by atoms with Crippen molar-refractivity contribution < 1.29 is 14.4 Å². The highest BCUT2D eigenvalue weighted by atomic mass is 32.1. The van der Waals surface area contributed by atoms with Crippen LogP contribution in [-0.4, -0.2) is 16.5 Å². The summed E-state index contributed by atoms with van der Waals surface area (Å²) in [5.74, 6) is 1.21. The van der Waals surface area contributed by atoms with Crippen molar-refractivity contribution >= 4 is 27.2 Å². The molecular formula is C22H18N2O4S. The smallest absolute Gasteiger partial charge is 0.269 e. The van der Waals surface area contributed by atoms with Gasteiger partial charge in [0.05, 0.1) is 21.7 Å². The topological polar surface area (TPSA) is 74.5 Å². The average molecular weight is 406 g/mol. The number of thiazole rings is 1. The van der Waals surface area contributed by atoms with E-state index in [1.807, 2.05) is 43.3 Å². The summed E-state index contributed by atoms with van der Waals surface area (Å²) in [5, 5.41) is 11.9. The lowest BCUT2D eigenvalue weighted by atomic mass is 10.2. The van der Waals surface area contributed by atoms with Crippen LogP contribution in [0.3, 0.4) is 0 Å². The van der Waals surface area contributed by atoms with E-state index >= 15 is 0 Å². The van der Waals surface area contributed by atoms with Gasteiger partial charge in [-0.25, -0.2) is 4.98 Å². The van der Waals surface area contributed by atoms with E-state index in [0.717, 1.165) is 26.4 Å². The van der Waals surface area contributed by atoms with Crippen LogP contribution in [0.2, 0.25) is 0 Å². The molecular weight excluding hydrogens is 388 g/mol. The van der Waals surface area contributed by atoms with E-state index in [9.17, 15) is 10.1 Å². The fraction of sp³-hybridized carbons (Fsp3) is 0.136. The maximum atomic E-state index is 10.9. The molecule has 0 aliphatic heterocycles. The van der Waals surface area contributed by atoms with E-state index in [4.69, 9.17) is 14.5 Å². The molecule has 0 saturated carbocycles. The van der Waals surface area contributed by atoms with E-state index < -0.39 is 4.92 Å². The molecule has 4 rings (SSSR count). The van der Waals surface area contributed by atoms with E-state index in [0.29, 0.717) is 18.1 Å². The van der Waals surface area contributed by atoms with Gasteiger partial charge in [-0.1, -0.05) is 24.3 Å². The molecule has 3 aromatic carbocycles. The predicted octanol–water partition coefficient (Wildman–Crippen LogP) is 5.85. The van der Waals surface area contributed by atoms with Crippen LogP contribution in [0.15, 0.2) is 66.7 Å². The van der Waals surface area contributed by atoms with Gasteiger partial charge in [0.1, 0.15) is 11.6 Å². The average Bonchev–Trinajstić information content (AvgIpc) is 3.17. The number of nitro benzene ring substituents is 1. The number of rotatable bonds is 7. The summed E-state index contributed by atoms with van der Waals surface area (Å²) in [7, 11) is 0. The molecule has 0 spiro atoms. The fourth-order valence-electron chi connectivity index (χ4n) is 2.95. The highest BCUT2D eigenvalue weighted by molar-refractivity contribution is 7.21. The Bertz CT molecular complexity index is 1140. The Balaban J connectivity index is 1.59. The van der Waals surface area contributed by atoms with Gasteiger partial charge in [0.25, 0.3) is 5.69 Å². The second kappa shape index (κ2) is 8.28. The van der Waals surface area contributed by atoms with Crippen molar-refractivity contribution in [3.05, 3.63) is 82.4 Å². The number of ether oxygens (including phenoxy) is 2. The second-order valence-corrected chi connectivity index (χ2v) is 7.33. The molecule has 146 valence electrons.